The number of rotatable bonds is 7. The molecule has 0 atom stereocenters. The predicted molar refractivity (Wildman–Crippen MR) is 122 cm³/mol. The van der Waals surface area contributed by atoms with Gasteiger partial charge in [0.05, 0.1) is 16.8 Å². The number of thioether (sulfide) groups is 1. The number of carbonyl (C=O) groups excluding carboxylic acids is 2. The molecule has 0 saturated carbocycles. The van der Waals surface area contributed by atoms with Crippen molar-refractivity contribution in [3.8, 4) is 17.3 Å². The van der Waals surface area contributed by atoms with E-state index in [0.29, 0.717) is 57.7 Å². The number of halogens is 1. The summed E-state index contributed by atoms with van der Waals surface area (Å²) >= 11 is 7.27. The van der Waals surface area contributed by atoms with Gasteiger partial charge in [-0.2, -0.15) is 5.26 Å². The summed E-state index contributed by atoms with van der Waals surface area (Å²) in [5.74, 6) is 0.103. The van der Waals surface area contributed by atoms with E-state index in [-0.39, 0.29) is 17.4 Å². The van der Waals surface area contributed by atoms with Crippen LogP contribution in [0.25, 0.3) is 11.3 Å². The Kier molecular flexibility index (Phi) is 6.40. The van der Waals surface area contributed by atoms with Crippen molar-refractivity contribution in [2.24, 2.45) is 0 Å². The summed E-state index contributed by atoms with van der Waals surface area (Å²) in [6.45, 7) is 0.334. The van der Waals surface area contributed by atoms with Crippen molar-refractivity contribution >= 4 is 35.2 Å². The van der Waals surface area contributed by atoms with Gasteiger partial charge in [0.25, 0.3) is 17.4 Å². The number of aromatic amines is 1. The predicted octanol–water partition coefficient (Wildman–Crippen LogP) is 4.13. The monoisotopic (exact) mass is 464 g/mol. The summed E-state index contributed by atoms with van der Waals surface area (Å²) in [7, 11) is 0. The minimum Gasteiger partial charge on any atom is -0.300 e. The molecule has 160 valence electrons. The van der Waals surface area contributed by atoms with Crippen molar-refractivity contribution in [1.29, 1.82) is 5.26 Å². The van der Waals surface area contributed by atoms with Crippen LogP contribution in [-0.2, 0) is 0 Å². The molecule has 2 amide bonds. The lowest BCUT2D eigenvalue weighted by Crippen LogP contribution is -2.30. The van der Waals surface area contributed by atoms with Crippen LogP contribution in [0.4, 0.5) is 0 Å². The first kappa shape index (κ1) is 21.8. The van der Waals surface area contributed by atoms with Gasteiger partial charge in [-0.05, 0) is 37.1 Å². The number of benzene rings is 2. The van der Waals surface area contributed by atoms with E-state index in [1.165, 1.54) is 16.7 Å². The standard InChI is InChI=1S/C23H17ClN4O3S/c24-15-9-7-14(8-10-15)19-18(13-25)20(29)27-23(26-19)32-12-4-3-11-28-21(30)16-5-1-2-6-17(16)22(28)31/h1-2,5-10H,3-4,11-12H2,(H,26,27,29). The Morgan fingerprint density at radius 2 is 1.66 bits per heavy atom. The number of amides is 2. The molecule has 9 heteroatoms. The third-order valence-electron chi connectivity index (χ3n) is 5.02. The number of hydrogen-bond acceptors (Lipinski definition) is 6. The maximum atomic E-state index is 12.4. The molecule has 1 aliphatic heterocycles. The first-order valence-electron chi connectivity index (χ1n) is 9.88. The Morgan fingerprint density at radius 3 is 2.28 bits per heavy atom. The number of hydrogen-bond donors (Lipinski definition) is 1. The van der Waals surface area contributed by atoms with Crippen LogP contribution in [0.15, 0.2) is 58.5 Å². The van der Waals surface area contributed by atoms with Crippen molar-refractivity contribution in [2.45, 2.75) is 18.0 Å². The van der Waals surface area contributed by atoms with E-state index in [2.05, 4.69) is 9.97 Å². The molecule has 2 aromatic carbocycles. The molecule has 0 unspecified atom stereocenters. The third kappa shape index (κ3) is 4.31. The number of carbonyl (C=O) groups is 2. The van der Waals surface area contributed by atoms with Gasteiger partial charge in [0.2, 0.25) is 0 Å². The van der Waals surface area contributed by atoms with Gasteiger partial charge in [0, 0.05) is 22.9 Å². The number of nitriles is 1. The Hall–Kier alpha value is -3.41. The van der Waals surface area contributed by atoms with E-state index in [4.69, 9.17) is 11.6 Å². The maximum Gasteiger partial charge on any atom is 0.270 e. The maximum absolute atomic E-state index is 12.4. The van der Waals surface area contributed by atoms with E-state index < -0.39 is 5.56 Å². The van der Waals surface area contributed by atoms with Crippen molar-refractivity contribution in [3.05, 3.63) is 80.6 Å². The second-order valence-corrected chi connectivity index (χ2v) is 8.60. The van der Waals surface area contributed by atoms with Crippen molar-refractivity contribution in [2.75, 3.05) is 12.3 Å². The molecule has 0 aliphatic carbocycles. The Balaban J connectivity index is 1.37. The van der Waals surface area contributed by atoms with Gasteiger partial charge in [-0.1, -0.05) is 47.6 Å². The van der Waals surface area contributed by atoms with Gasteiger partial charge in [0.15, 0.2) is 5.16 Å². The summed E-state index contributed by atoms with van der Waals surface area (Å²) in [6.07, 6.45) is 1.33. The molecule has 0 fully saturated rings. The lowest BCUT2D eigenvalue weighted by molar-refractivity contribution is 0.0652. The molecule has 3 aromatic rings. The Morgan fingerprint density at radius 1 is 1.00 bits per heavy atom. The quantitative estimate of drug-likeness (QED) is 0.244. The fraction of sp³-hybridized carbons (Fsp3) is 0.174. The number of H-pyrrole nitrogens is 1. The highest BCUT2D eigenvalue weighted by atomic mass is 35.5. The molecule has 1 aromatic heterocycles. The lowest BCUT2D eigenvalue weighted by atomic mass is 10.1. The highest BCUT2D eigenvalue weighted by Crippen LogP contribution is 2.25. The fourth-order valence-corrected chi connectivity index (χ4v) is 4.41. The summed E-state index contributed by atoms with van der Waals surface area (Å²) < 4.78 is 0. The molecule has 0 spiro atoms. The number of nitrogens with one attached hydrogen (secondary N) is 1. The minimum atomic E-state index is -0.499. The van der Waals surface area contributed by atoms with Gasteiger partial charge < -0.3 is 4.98 Å². The zero-order valence-corrected chi connectivity index (χ0v) is 18.4. The number of aromatic nitrogens is 2. The van der Waals surface area contributed by atoms with Crippen LogP contribution in [0.5, 0.6) is 0 Å². The van der Waals surface area contributed by atoms with Crippen LogP contribution >= 0.6 is 23.4 Å². The zero-order valence-electron chi connectivity index (χ0n) is 16.8. The molecule has 0 radical (unpaired) electrons. The van der Waals surface area contributed by atoms with E-state index in [1.807, 2.05) is 6.07 Å². The SMILES string of the molecule is N#Cc1c(-c2ccc(Cl)cc2)nc(SCCCCN2C(=O)c3ccccc3C2=O)[nH]c1=O. The van der Waals surface area contributed by atoms with E-state index in [1.54, 1.807) is 48.5 Å². The molecular weight excluding hydrogens is 448 g/mol. The number of unbranched alkanes of at least 4 members (excludes halogenated alkanes) is 1. The molecule has 4 rings (SSSR count). The molecule has 2 heterocycles. The van der Waals surface area contributed by atoms with Crippen LogP contribution in [0.2, 0.25) is 5.02 Å². The summed E-state index contributed by atoms with van der Waals surface area (Å²) in [4.78, 5) is 45.5. The summed E-state index contributed by atoms with van der Waals surface area (Å²) in [5.41, 5.74) is 1.27. The summed E-state index contributed by atoms with van der Waals surface area (Å²) in [6, 6.07) is 15.5. The smallest absolute Gasteiger partial charge is 0.270 e. The lowest BCUT2D eigenvalue weighted by Gasteiger charge is -2.13. The fourth-order valence-electron chi connectivity index (χ4n) is 3.42. The first-order valence-corrected chi connectivity index (χ1v) is 11.2. The van der Waals surface area contributed by atoms with Gasteiger partial charge in [-0.15, -0.1) is 0 Å². The van der Waals surface area contributed by atoms with E-state index in [0.717, 1.165) is 0 Å². The first-order chi connectivity index (χ1) is 15.5. The van der Waals surface area contributed by atoms with Gasteiger partial charge in [-0.25, -0.2) is 4.98 Å². The average molecular weight is 465 g/mol. The molecule has 32 heavy (non-hydrogen) atoms. The topological polar surface area (TPSA) is 107 Å². The Labute approximate surface area is 193 Å². The van der Waals surface area contributed by atoms with Crippen LogP contribution in [0.1, 0.15) is 39.1 Å². The van der Waals surface area contributed by atoms with Crippen LogP contribution in [-0.4, -0.2) is 39.0 Å². The van der Waals surface area contributed by atoms with Gasteiger partial charge in [-0.3, -0.25) is 19.3 Å². The molecule has 0 bridgehead atoms. The van der Waals surface area contributed by atoms with Gasteiger partial charge in [0.1, 0.15) is 11.6 Å². The van der Waals surface area contributed by atoms with E-state index >= 15 is 0 Å². The highest BCUT2D eigenvalue weighted by Gasteiger charge is 2.34. The average Bonchev–Trinajstić information content (AvgIpc) is 3.04. The number of imide groups is 1. The number of nitrogens with zero attached hydrogens (tertiary/aromatic N) is 3. The van der Waals surface area contributed by atoms with Crippen LogP contribution < -0.4 is 5.56 Å². The van der Waals surface area contributed by atoms with Crippen molar-refractivity contribution in [1.82, 2.24) is 14.9 Å². The largest absolute Gasteiger partial charge is 0.300 e. The van der Waals surface area contributed by atoms with E-state index in [9.17, 15) is 19.6 Å². The summed E-state index contributed by atoms with van der Waals surface area (Å²) in [5, 5.41) is 10.3. The normalized spacial score (nSPS) is 12.7. The Bertz CT molecular complexity index is 1260. The molecule has 7 nitrogen and oxygen atoms in total. The highest BCUT2D eigenvalue weighted by molar-refractivity contribution is 7.99. The van der Waals surface area contributed by atoms with Crippen molar-refractivity contribution in [3.63, 3.8) is 0 Å². The molecule has 0 saturated heterocycles. The second-order valence-electron chi connectivity index (χ2n) is 7.08. The minimum absolute atomic E-state index is 0.0534. The molecular formula is C23H17ClN4O3S. The van der Waals surface area contributed by atoms with Crippen LogP contribution in [0, 0.1) is 11.3 Å². The second kappa shape index (κ2) is 9.39. The molecule has 1 aliphatic rings. The van der Waals surface area contributed by atoms with Gasteiger partial charge >= 0.3 is 0 Å². The molecule has 1 N–H and O–H groups in total. The van der Waals surface area contributed by atoms with Crippen LogP contribution in [0.3, 0.4) is 0 Å². The third-order valence-corrected chi connectivity index (χ3v) is 6.23. The zero-order chi connectivity index (χ0) is 22.7. The van der Waals surface area contributed by atoms with Crippen molar-refractivity contribution < 1.29 is 9.59 Å². The number of fused-ring (bicyclic) bond motifs is 1.